The second kappa shape index (κ2) is 9.29. The molecule has 1 saturated heterocycles. The molecule has 0 radical (unpaired) electrons. The molecular weight excluding hydrogens is 465 g/mol. The molecule has 35 heavy (non-hydrogen) atoms. The van der Waals surface area contributed by atoms with Crippen molar-refractivity contribution in [3.63, 3.8) is 0 Å². The molecule has 0 unspecified atom stereocenters. The van der Waals surface area contributed by atoms with Crippen molar-refractivity contribution in [2.24, 2.45) is 0 Å². The number of aromatic nitrogens is 3. The number of benzene rings is 1. The van der Waals surface area contributed by atoms with E-state index in [0.717, 1.165) is 47.2 Å². The molecule has 2 aromatic heterocycles. The largest absolute Gasteiger partial charge is 0.347 e. The minimum Gasteiger partial charge on any atom is -0.347 e. The molecule has 1 aromatic carbocycles. The van der Waals surface area contributed by atoms with Gasteiger partial charge >= 0.3 is 0 Å². The van der Waals surface area contributed by atoms with Gasteiger partial charge < -0.3 is 15.3 Å². The molecule has 3 heterocycles. The molecule has 0 amide bonds. The standard InChI is InChI=1S/C26H30FN5O2S/c1-16(2)22-23(30-32(35-27)24(22)21-14-17(3)25(28)31(29)15-21)20-6-4-18(5-7-20)19-8-10-26(11-9-19)33-12-13-34-26/h4-8,14-16,28H,9-13,29H2,1-3H3. The van der Waals surface area contributed by atoms with E-state index < -0.39 is 5.79 Å². The number of ether oxygens (including phenoxy) is 2. The van der Waals surface area contributed by atoms with Crippen LogP contribution in [0.1, 0.15) is 55.7 Å². The molecular formula is C26H30FN5O2S. The van der Waals surface area contributed by atoms with Crippen LogP contribution < -0.4 is 11.3 Å². The molecule has 3 aromatic rings. The maximum absolute atomic E-state index is 14.1. The molecule has 5 rings (SSSR count). The predicted octanol–water partition coefficient (Wildman–Crippen LogP) is 5.33. The van der Waals surface area contributed by atoms with Crippen molar-refractivity contribution < 1.29 is 13.4 Å². The SMILES string of the molecule is Cc1cc(-c2c(C(C)C)c(-c3ccc(C4=CCC5(CC4)OCCO5)cc3)nn2SF)cn(N)c1=N. The third-order valence-corrected chi connectivity index (χ3v) is 7.26. The number of aryl methyl sites for hydroxylation is 1. The fraction of sp³-hybridized carbons (Fsp3) is 0.385. The summed E-state index contributed by atoms with van der Waals surface area (Å²) in [6.45, 7) is 7.30. The number of nitrogens with two attached hydrogens (primary N) is 1. The predicted molar refractivity (Wildman–Crippen MR) is 136 cm³/mol. The van der Waals surface area contributed by atoms with Gasteiger partial charge in [-0.3, -0.25) is 10.1 Å². The van der Waals surface area contributed by atoms with Gasteiger partial charge in [-0.1, -0.05) is 44.2 Å². The van der Waals surface area contributed by atoms with Crippen LogP contribution in [0.15, 0.2) is 42.6 Å². The number of allylic oxidation sites excluding steroid dienone is 1. The molecule has 0 atom stereocenters. The van der Waals surface area contributed by atoms with Crippen LogP contribution in [0, 0.1) is 12.3 Å². The Morgan fingerprint density at radius 2 is 1.83 bits per heavy atom. The van der Waals surface area contributed by atoms with Gasteiger partial charge in [-0.25, -0.2) is 0 Å². The van der Waals surface area contributed by atoms with Crippen LogP contribution >= 0.6 is 12.3 Å². The molecule has 9 heteroatoms. The Kier molecular flexibility index (Phi) is 6.33. The summed E-state index contributed by atoms with van der Waals surface area (Å²) in [6.07, 6.45) is 6.39. The van der Waals surface area contributed by atoms with Crippen LogP contribution in [-0.4, -0.2) is 32.9 Å². The third-order valence-electron chi connectivity index (χ3n) is 6.87. The van der Waals surface area contributed by atoms with Crippen LogP contribution in [-0.2, 0) is 9.47 Å². The zero-order chi connectivity index (χ0) is 24.7. The number of nitrogen functional groups attached to an aromatic ring is 1. The molecule has 184 valence electrons. The minimum absolute atomic E-state index is 0.0640. The molecule has 7 nitrogen and oxygen atoms in total. The van der Waals surface area contributed by atoms with E-state index in [9.17, 15) is 3.89 Å². The average molecular weight is 496 g/mol. The lowest BCUT2D eigenvalue weighted by Gasteiger charge is -2.30. The zero-order valence-corrected chi connectivity index (χ0v) is 21.0. The third kappa shape index (κ3) is 4.32. The summed E-state index contributed by atoms with van der Waals surface area (Å²) in [6, 6.07) is 10.2. The van der Waals surface area contributed by atoms with E-state index in [4.69, 9.17) is 20.7 Å². The Bertz CT molecular complexity index is 1310. The van der Waals surface area contributed by atoms with Gasteiger partial charge in [0.25, 0.3) is 0 Å². The van der Waals surface area contributed by atoms with Crippen LogP contribution in [0.25, 0.3) is 28.1 Å². The molecule has 1 fully saturated rings. The Hall–Kier alpha value is -2.88. The van der Waals surface area contributed by atoms with Gasteiger partial charge in [-0.05, 0) is 42.0 Å². The summed E-state index contributed by atoms with van der Waals surface area (Å²) < 4.78 is 28.3. The monoisotopic (exact) mass is 495 g/mol. The fourth-order valence-corrected chi connectivity index (χ4v) is 5.43. The van der Waals surface area contributed by atoms with Gasteiger partial charge in [-0.15, -0.1) is 3.89 Å². The van der Waals surface area contributed by atoms with Crippen molar-refractivity contribution >= 4 is 17.9 Å². The highest BCUT2D eigenvalue weighted by molar-refractivity contribution is 7.92. The number of hydrogen-bond acceptors (Lipinski definition) is 6. The second-order valence-corrected chi connectivity index (χ2v) is 9.98. The number of halogens is 1. The first-order valence-electron chi connectivity index (χ1n) is 11.8. The lowest BCUT2D eigenvalue weighted by Crippen LogP contribution is -2.31. The molecule has 3 N–H and O–H groups in total. The first-order valence-corrected chi connectivity index (χ1v) is 12.5. The van der Waals surface area contributed by atoms with Gasteiger partial charge in [-0.2, -0.15) is 9.19 Å². The van der Waals surface area contributed by atoms with Crippen molar-refractivity contribution in [2.75, 3.05) is 19.1 Å². The molecule has 1 aliphatic heterocycles. The van der Waals surface area contributed by atoms with E-state index in [1.807, 2.05) is 13.0 Å². The first-order chi connectivity index (χ1) is 16.8. The normalized spacial score (nSPS) is 17.3. The Balaban J connectivity index is 1.52. The van der Waals surface area contributed by atoms with Crippen molar-refractivity contribution in [3.05, 3.63) is 64.8 Å². The summed E-state index contributed by atoms with van der Waals surface area (Å²) >= 11 is 0.0640. The van der Waals surface area contributed by atoms with Crippen molar-refractivity contribution in [1.82, 2.24) is 13.9 Å². The summed E-state index contributed by atoms with van der Waals surface area (Å²) in [7, 11) is 0. The Morgan fingerprint density at radius 1 is 1.14 bits per heavy atom. The maximum atomic E-state index is 14.1. The van der Waals surface area contributed by atoms with Gasteiger partial charge in [0.2, 0.25) is 0 Å². The van der Waals surface area contributed by atoms with Crippen molar-refractivity contribution in [3.8, 4) is 22.5 Å². The van der Waals surface area contributed by atoms with Gasteiger partial charge in [0.15, 0.2) is 18.1 Å². The highest BCUT2D eigenvalue weighted by Gasteiger charge is 2.37. The first kappa shape index (κ1) is 23.8. The van der Waals surface area contributed by atoms with Gasteiger partial charge in [0.1, 0.15) is 5.49 Å². The molecule has 2 aliphatic rings. The van der Waals surface area contributed by atoms with Crippen LogP contribution in [0.4, 0.5) is 3.89 Å². The summed E-state index contributed by atoms with van der Waals surface area (Å²) in [5.41, 5.74) is 7.36. The lowest BCUT2D eigenvalue weighted by atomic mass is 9.89. The molecule has 0 saturated carbocycles. The van der Waals surface area contributed by atoms with E-state index in [1.54, 1.807) is 6.20 Å². The lowest BCUT2D eigenvalue weighted by molar-refractivity contribution is -0.159. The van der Waals surface area contributed by atoms with Gasteiger partial charge in [0, 0.05) is 35.7 Å². The van der Waals surface area contributed by atoms with Crippen LogP contribution in [0.2, 0.25) is 0 Å². The summed E-state index contributed by atoms with van der Waals surface area (Å²) in [4.78, 5) is 0. The molecule has 1 aliphatic carbocycles. The van der Waals surface area contributed by atoms with Crippen LogP contribution in [0.3, 0.4) is 0 Å². The average Bonchev–Trinajstić information content (AvgIpc) is 3.48. The number of nitrogens with one attached hydrogen (secondary N) is 1. The van der Waals surface area contributed by atoms with E-state index in [-0.39, 0.29) is 23.7 Å². The molecule has 1 spiro atoms. The number of pyridine rings is 1. The highest BCUT2D eigenvalue weighted by Crippen LogP contribution is 2.41. The second-order valence-electron chi connectivity index (χ2n) is 9.49. The van der Waals surface area contributed by atoms with E-state index in [2.05, 4.69) is 49.3 Å². The fourth-order valence-electron chi connectivity index (χ4n) is 5.04. The number of nitrogens with zero attached hydrogens (tertiary/aromatic N) is 3. The van der Waals surface area contributed by atoms with Crippen LogP contribution in [0.5, 0.6) is 0 Å². The number of rotatable bonds is 5. The minimum atomic E-state index is -0.429. The Labute approximate surface area is 208 Å². The maximum Gasteiger partial charge on any atom is 0.188 e. The number of hydrogen-bond donors (Lipinski definition) is 2. The van der Waals surface area contributed by atoms with E-state index in [0.29, 0.717) is 24.5 Å². The van der Waals surface area contributed by atoms with Crippen molar-refractivity contribution in [1.29, 1.82) is 5.41 Å². The van der Waals surface area contributed by atoms with Crippen molar-refractivity contribution in [2.45, 2.75) is 51.7 Å². The topological polar surface area (TPSA) is 91.1 Å². The zero-order valence-electron chi connectivity index (χ0n) is 20.2. The smallest absolute Gasteiger partial charge is 0.188 e. The van der Waals surface area contributed by atoms with E-state index in [1.165, 1.54) is 14.3 Å². The summed E-state index contributed by atoms with van der Waals surface area (Å²) in [5.74, 6) is 5.66. The van der Waals surface area contributed by atoms with Gasteiger partial charge in [0.05, 0.1) is 24.6 Å². The summed E-state index contributed by atoms with van der Waals surface area (Å²) in [5, 5.41) is 12.7. The highest BCUT2D eigenvalue weighted by atomic mass is 32.2. The quantitative estimate of drug-likeness (QED) is 0.467. The van der Waals surface area contributed by atoms with E-state index >= 15 is 0 Å². The Morgan fingerprint density at radius 3 is 2.40 bits per heavy atom. The molecule has 0 bridgehead atoms.